The summed E-state index contributed by atoms with van der Waals surface area (Å²) in [6.45, 7) is 13.7. The van der Waals surface area contributed by atoms with Crippen molar-refractivity contribution < 1.29 is 28.6 Å². The highest BCUT2D eigenvalue weighted by Gasteiger charge is 2.44. The van der Waals surface area contributed by atoms with Crippen LogP contribution in [0.25, 0.3) is 0 Å². The van der Waals surface area contributed by atoms with Crippen LogP contribution in [0.5, 0.6) is 0 Å². The zero-order chi connectivity index (χ0) is 26.1. The summed E-state index contributed by atoms with van der Waals surface area (Å²) in [6.07, 6.45) is 11.8. The van der Waals surface area contributed by atoms with Gasteiger partial charge in [-0.25, -0.2) is 0 Å². The van der Waals surface area contributed by atoms with Crippen LogP contribution in [0.2, 0.25) is 0 Å². The number of unbranched alkanes of at least 4 members (excludes halogenated alkanes) is 2. The van der Waals surface area contributed by atoms with Gasteiger partial charge in [0.25, 0.3) is 6.47 Å². The number of allylic oxidation sites excluding steroid dienone is 2. The van der Waals surface area contributed by atoms with E-state index in [4.69, 9.17) is 9.47 Å². The number of amides is 1. The Morgan fingerprint density at radius 3 is 2.34 bits per heavy atom. The largest absolute Gasteiger partial charge is 0.468 e. The molecule has 0 aromatic rings. The van der Waals surface area contributed by atoms with Crippen LogP contribution >= 0.6 is 0 Å². The molecule has 5 atom stereocenters. The second-order valence-corrected chi connectivity index (χ2v) is 9.43. The van der Waals surface area contributed by atoms with Crippen molar-refractivity contribution in [1.29, 1.82) is 0 Å². The van der Waals surface area contributed by atoms with Gasteiger partial charge in [-0.05, 0) is 77.0 Å². The number of carbonyl (C=O) groups excluding carboxylic acids is 3. The Labute approximate surface area is 212 Å². The van der Waals surface area contributed by atoms with Gasteiger partial charge >= 0.3 is 0 Å². The third-order valence-electron chi connectivity index (χ3n) is 6.88. The molecule has 0 spiro atoms. The van der Waals surface area contributed by atoms with Gasteiger partial charge in [0, 0.05) is 32.5 Å². The standard InChI is InChI=1S/C25H41NO4.C3H6O2/c1-5-8-9-10-14-26(4)25(28)23-17-21(30-18-29-7-3)16-22(23)24(27)13-11-12-20-15-19(20)6-2;1-2-5-3-4/h5-6,19-23H,1-2,7-18H2,3-4H3;3H,2H2,1H3/t19-,20-,21-,22-,23-;/m1./s1. The molecule has 0 aromatic heterocycles. The van der Waals surface area contributed by atoms with Crippen LogP contribution in [0.15, 0.2) is 25.3 Å². The van der Waals surface area contributed by atoms with Gasteiger partial charge in [0.15, 0.2) is 0 Å². The van der Waals surface area contributed by atoms with Gasteiger partial charge in [-0.3, -0.25) is 14.4 Å². The number of carbonyl (C=O) groups is 3. The molecule has 7 nitrogen and oxygen atoms in total. The van der Waals surface area contributed by atoms with Crippen molar-refractivity contribution in [3.05, 3.63) is 25.3 Å². The van der Waals surface area contributed by atoms with E-state index in [1.165, 1.54) is 6.42 Å². The molecule has 0 aliphatic heterocycles. The first-order chi connectivity index (χ1) is 16.9. The molecule has 35 heavy (non-hydrogen) atoms. The Balaban J connectivity index is 0.00000111. The van der Waals surface area contributed by atoms with Gasteiger partial charge in [-0.15, -0.1) is 13.2 Å². The minimum Gasteiger partial charge on any atom is -0.468 e. The molecule has 0 unspecified atom stereocenters. The van der Waals surface area contributed by atoms with E-state index in [0.717, 1.165) is 38.6 Å². The Hall–Kier alpha value is -1.99. The summed E-state index contributed by atoms with van der Waals surface area (Å²) >= 11 is 0. The maximum absolute atomic E-state index is 13.1. The number of ether oxygens (including phenoxy) is 3. The number of ketones is 1. The second kappa shape index (κ2) is 18.3. The van der Waals surface area contributed by atoms with Gasteiger partial charge in [-0.1, -0.05) is 12.2 Å². The van der Waals surface area contributed by atoms with Crippen molar-refractivity contribution >= 4 is 18.2 Å². The topological polar surface area (TPSA) is 82.1 Å². The lowest BCUT2D eigenvalue weighted by Gasteiger charge is -2.24. The maximum Gasteiger partial charge on any atom is 0.293 e. The first-order valence-electron chi connectivity index (χ1n) is 13.2. The monoisotopic (exact) mass is 493 g/mol. The number of hydrogen-bond acceptors (Lipinski definition) is 6. The first kappa shape index (κ1) is 31.0. The number of Topliss-reactive ketones (excluding diaryl/α,β-unsaturated/α-hetero) is 1. The van der Waals surface area contributed by atoms with E-state index < -0.39 is 0 Å². The Morgan fingerprint density at radius 1 is 1.03 bits per heavy atom. The second-order valence-electron chi connectivity index (χ2n) is 9.43. The van der Waals surface area contributed by atoms with E-state index in [2.05, 4.69) is 17.9 Å². The predicted molar refractivity (Wildman–Crippen MR) is 138 cm³/mol. The minimum atomic E-state index is -0.268. The van der Waals surface area contributed by atoms with Crippen LogP contribution in [0, 0.1) is 23.7 Å². The van der Waals surface area contributed by atoms with Crippen LogP contribution in [-0.4, -0.2) is 62.8 Å². The van der Waals surface area contributed by atoms with E-state index in [1.807, 2.05) is 26.1 Å². The van der Waals surface area contributed by atoms with Crippen LogP contribution in [0.4, 0.5) is 0 Å². The van der Waals surface area contributed by atoms with Gasteiger partial charge in [-0.2, -0.15) is 0 Å². The van der Waals surface area contributed by atoms with E-state index in [-0.39, 0.29) is 36.4 Å². The quantitative estimate of drug-likeness (QED) is 0.116. The third-order valence-corrected chi connectivity index (χ3v) is 6.88. The van der Waals surface area contributed by atoms with Crippen LogP contribution in [0.1, 0.15) is 71.6 Å². The highest BCUT2D eigenvalue weighted by atomic mass is 16.7. The van der Waals surface area contributed by atoms with Crippen LogP contribution < -0.4 is 0 Å². The number of hydrogen-bond donors (Lipinski definition) is 0. The summed E-state index contributed by atoms with van der Waals surface area (Å²) in [6, 6.07) is 0. The molecule has 7 heteroatoms. The number of rotatable bonds is 18. The third kappa shape index (κ3) is 12.0. The molecule has 1 amide bonds. The average Bonchev–Trinajstić information content (AvgIpc) is 3.49. The first-order valence-corrected chi connectivity index (χ1v) is 13.2. The van der Waals surface area contributed by atoms with Crippen molar-refractivity contribution in [2.75, 3.05) is 33.6 Å². The molecule has 0 heterocycles. The normalized spacial score (nSPS) is 24.6. The van der Waals surface area contributed by atoms with Crippen molar-refractivity contribution in [2.45, 2.75) is 77.7 Å². The minimum absolute atomic E-state index is 0.0813. The lowest BCUT2D eigenvalue weighted by atomic mass is 9.88. The Morgan fingerprint density at radius 2 is 1.77 bits per heavy atom. The lowest BCUT2D eigenvalue weighted by molar-refractivity contribution is -0.139. The van der Waals surface area contributed by atoms with E-state index >= 15 is 0 Å². The molecule has 2 aliphatic carbocycles. The molecule has 200 valence electrons. The highest BCUT2D eigenvalue weighted by molar-refractivity contribution is 5.89. The molecular formula is C28H47NO6. The van der Waals surface area contributed by atoms with Crippen LogP contribution in [-0.2, 0) is 28.6 Å². The summed E-state index contributed by atoms with van der Waals surface area (Å²) in [4.78, 5) is 37.1. The van der Waals surface area contributed by atoms with Crippen LogP contribution in [0.3, 0.4) is 0 Å². The fourth-order valence-corrected chi connectivity index (χ4v) is 4.70. The summed E-state index contributed by atoms with van der Waals surface area (Å²) in [5.74, 6) is 1.17. The average molecular weight is 494 g/mol. The molecule has 2 fully saturated rings. The van der Waals surface area contributed by atoms with Crippen molar-refractivity contribution in [3.8, 4) is 0 Å². The molecule has 0 radical (unpaired) electrons. The summed E-state index contributed by atoms with van der Waals surface area (Å²) in [7, 11) is 1.86. The van der Waals surface area contributed by atoms with Crippen molar-refractivity contribution in [2.24, 2.45) is 23.7 Å². The SMILES string of the molecule is C=CCCCCN(C)C(=O)[C@@H]1C[C@H](OCOCC)C[C@H]1C(=O)CCC[C@@H]1C[C@H]1C=C.CCOC=O. The predicted octanol–water partition coefficient (Wildman–Crippen LogP) is 4.95. The van der Waals surface area contributed by atoms with E-state index in [1.54, 1.807) is 11.8 Å². The Bertz CT molecular complexity index is 651. The summed E-state index contributed by atoms with van der Waals surface area (Å²) in [5, 5.41) is 0. The fourth-order valence-electron chi connectivity index (χ4n) is 4.70. The van der Waals surface area contributed by atoms with E-state index in [9.17, 15) is 14.4 Å². The van der Waals surface area contributed by atoms with Gasteiger partial charge < -0.3 is 19.1 Å². The fraction of sp³-hybridized carbons (Fsp3) is 0.750. The zero-order valence-electron chi connectivity index (χ0n) is 22.1. The molecular weight excluding hydrogens is 446 g/mol. The molecule has 0 saturated heterocycles. The molecule has 0 aromatic carbocycles. The zero-order valence-corrected chi connectivity index (χ0v) is 22.1. The van der Waals surface area contributed by atoms with Gasteiger partial charge in [0.1, 0.15) is 12.6 Å². The summed E-state index contributed by atoms with van der Waals surface area (Å²) in [5.41, 5.74) is 0. The van der Waals surface area contributed by atoms with Gasteiger partial charge in [0.05, 0.1) is 18.6 Å². The van der Waals surface area contributed by atoms with Crippen molar-refractivity contribution in [3.63, 3.8) is 0 Å². The Kier molecular flexibility index (Phi) is 16.2. The smallest absolute Gasteiger partial charge is 0.293 e. The van der Waals surface area contributed by atoms with E-state index in [0.29, 0.717) is 50.8 Å². The molecule has 2 rings (SSSR count). The lowest BCUT2D eigenvalue weighted by Crippen LogP contribution is -2.37. The van der Waals surface area contributed by atoms with Crippen molar-refractivity contribution in [1.82, 2.24) is 4.90 Å². The van der Waals surface area contributed by atoms with Gasteiger partial charge in [0.2, 0.25) is 5.91 Å². The molecule has 0 N–H and O–H groups in total. The molecule has 2 saturated carbocycles. The highest BCUT2D eigenvalue weighted by Crippen LogP contribution is 2.43. The molecule has 0 bridgehead atoms. The summed E-state index contributed by atoms with van der Waals surface area (Å²) < 4.78 is 15.3. The number of nitrogens with zero attached hydrogens (tertiary/aromatic N) is 1. The molecule has 2 aliphatic rings. The maximum atomic E-state index is 13.1.